The van der Waals surface area contributed by atoms with E-state index in [0.717, 1.165) is 17.5 Å². The van der Waals surface area contributed by atoms with E-state index in [4.69, 9.17) is 40.3 Å². The Morgan fingerprint density at radius 1 is 0.957 bits per heavy atom. The van der Waals surface area contributed by atoms with Crippen LogP contribution in [0.4, 0.5) is 0 Å². The van der Waals surface area contributed by atoms with Crippen molar-refractivity contribution in [2.45, 2.75) is 46.3 Å². The number of esters is 1. The zero-order chi connectivity index (χ0) is 33.5. The maximum atomic E-state index is 14.3. The van der Waals surface area contributed by atoms with Gasteiger partial charge in [-0.1, -0.05) is 60.5 Å². The Morgan fingerprint density at radius 2 is 1.74 bits per heavy atom. The van der Waals surface area contributed by atoms with Crippen LogP contribution >= 0.6 is 22.9 Å². The number of nitrogens with zero attached hydrogens (tertiary/aromatic N) is 2. The van der Waals surface area contributed by atoms with Crippen LogP contribution in [0.15, 0.2) is 81.7 Å². The number of fused-ring (bicyclic) bond motifs is 1. The molecule has 4 aromatic rings. The number of carbonyl (C=O) groups excluding carboxylic acids is 1. The highest BCUT2D eigenvalue weighted by molar-refractivity contribution is 7.07. The van der Waals surface area contributed by atoms with E-state index in [9.17, 15) is 9.59 Å². The van der Waals surface area contributed by atoms with Gasteiger partial charge in [-0.2, -0.15) is 0 Å². The molecule has 0 unspecified atom stereocenters. The fourth-order valence-corrected chi connectivity index (χ4v) is 6.60. The summed E-state index contributed by atoms with van der Waals surface area (Å²) >= 11 is 7.57. The Bertz CT molecular complexity index is 1980. The Morgan fingerprint density at radius 3 is 2.45 bits per heavy atom. The summed E-state index contributed by atoms with van der Waals surface area (Å²) in [5.74, 6) is 1.62. The molecule has 1 aliphatic heterocycles. The summed E-state index contributed by atoms with van der Waals surface area (Å²) in [6, 6.07) is 17.5. The quantitative estimate of drug-likeness (QED) is 0.155. The molecule has 1 aromatic heterocycles. The van der Waals surface area contributed by atoms with Gasteiger partial charge in [0.2, 0.25) is 0 Å². The first-order valence-electron chi connectivity index (χ1n) is 15.4. The molecule has 0 saturated heterocycles. The van der Waals surface area contributed by atoms with Crippen LogP contribution < -0.4 is 33.8 Å². The Hall–Kier alpha value is -4.54. The summed E-state index contributed by atoms with van der Waals surface area (Å²) in [6.45, 7) is 6.53. The number of ether oxygens (including phenoxy) is 5. The van der Waals surface area contributed by atoms with Gasteiger partial charge in [0.05, 0.1) is 43.2 Å². The van der Waals surface area contributed by atoms with Crippen molar-refractivity contribution >= 4 is 35.0 Å². The molecule has 47 heavy (non-hydrogen) atoms. The Kier molecular flexibility index (Phi) is 11.1. The second-order valence-corrected chi connectivity index (χ2v) is 12.0. The standard InChI is InChI=1S/C36H37ClN2O7S/c1-6-11-27-32(35(41)45-8-3)33(25-20-24(42-4)15-17-28(25)43-5)39-34(40)31(47-36(39)38-27)19-22-14-16-29(30(18-22)44-7-2)46-21-23-12-9-10-13-26(23)37/h9-10,12-20,33H,6-8,11,21H2,1-5H3/b31-19-/t33-/m1/s1. The van der Waals surface area contributed by atoms with Gasteiger partial charge in [-0.25, -0.2) is 9.79 Å². The molecule has 0 spiro atoms. The molecule has 0 aliphatic carbocycles. The van der Waals surface area contributed by atoms with Gasteiger partial charge in [0.25, 0.3) is 5.56 Å². The fraction of sp³-hybridized carbons (Fsp3) is 0.306. The third-order valence-corrected chi connectivity index (χ3v) is 8.88. The molecule has 9 nitrogen and oxygen atoms in total. The number of methoxy groups -OCH3 is 2. The number of thiazole rings is 1. The summed E-state index contributed by atoms with van der Waals surface area (Å²) in [5.41, 5.74) is 2.75. The topological polar surface area (TPSA) is 97.6 Å². The van der Waals surface area contributed by atoms with E-state index < -0.39 is 12.0 Å². The van der Waals surface area contributed by atoms with Crippen LogP contribution in [0, 0.1) is 0 Å². The van der Waals surface area contributed by atoms with Gasteiger partial charge in [0.1, 0.15) is 24.1 Å². The second-order valence-electron chi connectivity index (χ2n) is 10.5. The van der Waals surface area contributed by atoms with Crippen LogP contribution in [0.5, 0.6) is 23.0 Å². The summed E-state index contributed by atoms with van der Waals surface area (Å²) in [5, 5.41) is 0.621. The predicted molar refractivity (Wildman–Crippen MR) is 183 cm³/mol. The number of aromatic nitrogens is 1. The molecule has 2 heterocycles. The van der Waals surface area contributed by atoms with Crippen LogP contribution in [-0.4, -0.2) is 38.0 Å². The number of hydrogen-bond acceptors (Lipinski definition) is 9. The number of benzene rings is 3. The lowest BCUT2D eigenvalue weighted by Crippen LogP contribution is -2.40. The molecule has 0 fully saturated rings. The number of rotatable bonds is 13. The van der Waals surface area contributed by atoms with Crippen molar-refractivity contribution in [3.8, 4) is 23.0 Å². The number of halogens is 1. The molecule has 0 radical (unpaired) electrons. The number of hydrogen-bond donors (Lipinski definition) is 0. The number of allylic oxidation sites excluding steroid dienone is 1. The van der Waals surface area contributed by atoms with Gasteiger partial charge in [-0.05, 0) is 68.3 Å². The molecular weight excluding hydrogens is 640 g/mol. The molecule has 0 amide bonds. The fourth-order valence-electron chi connectivity index (χ4n) is 5.39. The van der Waals surface area contributed by atoms with E-state index in [1.165, 1.54) is 11.3 Å². The predicted octanol–water partition coefficient (Wildman–Crippen LogP) is 6.23. The molecule has 0 saturated carbocycles. The summed E-state index contributed by atoms with van der Waals surface area (Å²) in [7, 11) is 3.11. The Balaban J connectivity index is 1.64. The van der Waals surface area contributed by atoms with E-state index in [0.29, 0.717) is 67.2 Å². The van der Waals surface area contributed by atoms with Crippen molar-refractivity contribution in [2.75, 3.05) is 27.4 Å². The van der Waals surface area contributed by atoms with Crippen molar-refractivity contribution in [1.29, 1.82) is 0 Å². The van der Waals surface area contributed by atoms with E-state index in [1.807, 2.05) is 56.3 Å². The van der Waals surface area contributed by atoms with Crippen LogP contribution in [0.1, 0.15) is 56.3 Å². The number of carbonyl (C=O) groups is 1. The summed E-state index contributed by atoms with van der Waals surface area (Å²) in [6.07, 6.45) is 3.05. The molecule has 1 atom stereocenters. The average molecular weight is 677 g/mol. The lowest BCUT2D eigenvalue weighted by molar-refractivity contribution is -0.139. The molecule has 0 bridgehead atoms. The minimum Gasteiger partial charge on any atom is -0.497 e. The van der Waals surface area contributed by atoms with Crippen LogP contribution in [0.25, 0.3) is 6.08 Å². The third kappa shape index (κ3) is 7.24. The smallest absolute Gasteiger partial charge is 0.338 e. The monoisotopic (exact) mass is 676 g/mol. The van der Waals surface area contributed by atoms with E-state index in [1.54, 1.807) is 50.0 Å². The molecule has 246 valence electrons. The first kappa shape index (κ1) is 33.8. The van der Waals surface area contributed by atoms with Gasteiger partial charge in [-0.3, -0.25) is 9.36 Å². The first-order valence-corrected chi connectivity index (χ1v) is 16.6. The average Bonchev–Trinajstić information content (AvgIpc) is 3.38. The SMILES string of the molecule is CCCC1=C(C(=O)OCC)[C@@H](c2cc(OC)ccc2OC)n2c(s/c(=C\c3ccc(OCc4ccccc4Cl)c(OCC)c3)c2=O)=N1. The van der Waals surface area contributed by atoms with E-state index in [2.05, 4.69) is 0 Å². The molecule has 5 rings (SSSR count). The van der Waals surface area contributed by atoms with Gasteiger partial charge in [0, 0.05) is 16.1 Å². The largest absolute Gasteiger partial charge is 0.497 e. The van der Waals surface area contributed by atoms with Gasteiger partial charge in [-0.15, -0.1) is 0 Å². The van der Waals surface area contributed by atoms with Crippen LogP contribution in [0.3, 0.4) is 0 Å². The van der Waals surface area contributed by atoms with Crippen molar-refractivity contribution in [3.05, 3.63) is 113 Å². The maximum absolute atomic E-state index is 14.3. The third-order valence-electron chi connectivity index (χ3n) is 7.53. The second kappa shape index (κ2) is 15.4. The lowest BCUT2D eigenvalue weighted by Gasteiger charge is -2.27. The van der Waals surface area contributed by atoms with Crippen molar-refractivity contribution in [2.24, 2.45) is 4.99 Å². The maximum Gasteiger partial charge on any atom is 0.338 e. The van der Waals surface area contributed by atoms with Crippen molar-refractivity contribution in [1.82, 2.24) is 4.57 Å². The highest BCUT2D eigenvalue weighted by atomic mass is 35.5. The van der Waals surface area contributed by atoms with E-state index in [-0.39, 0.29) is 18.8 Å². The molecule has 11 heteroatoms. The van der Waals surface area contributed by atoms with Gasteiger partial charge >= 0.3 is 5.97 Å². The molecule has 0 N–H and O–H groups in total. The summed E-state index contributed by atoms with van der Waals surface area (Å²) < 4.78 is 30.7. The zero-order valence-electron chi connectivity index (χ0n) is 27.0. The van der Waals surface area contributed by atoms with E-state index >= 15 is 0 Å². The molecule has 3 aromatic carbocycles. The highest BCUT2D eigenvalue weighted by Gasteiger charge is 2.36. The first-order chi connectivity index (χ1) is 22.8. The normalized spacial score (nSPS) is 14.3. The molecule has 1 aliphatic rings. The lowest BCUT2D eigenvalue weighted by atomic mass is 9.93. The van der Waals surface area contributed by atoms with Gasteiger partial charge < -0.3 is 23.7 Å². The highest BCUT2D eigenvalue weighted by Crippen LogP contribution is 2.39. The summed E-state index contributed by atoms with van der Waals surface area (Å²) in [4.78, 5) is 33.2. The Labute approximate surface area is 282 Å². The van der Waals surface area contributed by atoms with Crippen molar-refractivity contribution < 1.29 is 28.5 Å². The van der Waals surface area contributed by atoms with Crippen LogP contribution in [0.2, 0.25) is 5.02 Å². The minimum absolute atomic E-state index is 0.175. The minimum atomic E-state index is -0.848. The van der Waals surface area contributed by atoms with Gasteiger partial charge in [0.15, 0.2) is 16.3 Å². The van der Waals surface area contributed by atoms with Crippen molar-refractivity contribution in [3.63, 3.8) is 0 Å². The zero-order valence-corrected chi connectivity index (χ0v) is 28.6. The van der Waals surface area contributed by atoms with Crippen LogP contribution in [-0.2, 0) is 16.1 Å². The molecular formula is C36H37ClN2O7S.